The van der Waals surface area contributed by atoms with E-state index in [0.29, 0.717) is 17.8 Å². The van der Waals surface area contributed by atoms with E-state index < -0.39 is 0 Å². The lowest BCUT2D eigenvalue weighted by Gasteiger charge is -2.07. The van der Waals surface area contributed by atoms with Crippen LogP contribution < -0.4 is 10.1 Å². The number of pyridine rings is 1. The Balaban J connectivity index is 1.78. The molecular weight excluding hydrogens is 292 g/mol. The maximum Gasteiger partial charge on any atom is 0.255 e. The summed E-state index contributed by atoms with van der Waals surface area (Å²) in [5.74, 6) is 0.536. The van der Waals surface area contributed by atoms with Gasteiger partial charge in [-0.2, -0.15) is 5.10 Å². The molecule has 0 radical (unpaired) electrons. The molecule has 6 nitrogen and oxygen atoms in total. The molecular formula is C17H16N4O2. The number of aromatic amines is 1. The lowest BCUT2D eigenvalue weighted by Crippen LogP contribution is -2.22. The van der Waals surface area contributed by atoms with Gasteiger partial charge in [0.15, 0.2) is 0 Å². The summed E-state index contributed by atoms with van der Waals surface area (Å²) in [5.41, 5.74) is 2.99. The Morgan fingerprint density at radius 3 is 2.87 bits per heavy atom. The minimum Gasteiger partial charge on any atom is -0.497 e. The molecule has 0 bridgehead atoms. The van der Waals surface area contributed by atoms with Crippen LogP contribution in [-0.4, -0.2) is 28.2 Å². The fraction of sp³-hybridized carbons (Fsp3) is 0.118. The number of rotatable bonds is 5. The van der Waals surface area contributed by atoms with E-state index >= 15 is 0 Å². The number of nitrogens with one attached hydrogen (secondary N) is 2. The van der Waals surface area contributed by atoms with Crippen LogP contribution in [-0.2, 0) is 6.54 Å². The fourth-order valence-corrected chi connectivity index (χ4v) is 2.24. The van der Waals surface area contributed by atoms with E-state index in [0.717, 1.165) is 16.9 Å². The van der Waals surface area contributed by atoms with Gasteiger partial charge in [-0.05, 0) is 29.8 Å². The van der Waals surface area contributed by atoms with Gasteiger partial charge < -0.3 is 10.1 Å². The number of amides is 1. The van der Waals surface area contributed by atoms with Crippen LogP contribution in [0.25, 0.3) is 11.3 Å². The highest BCUT2D eigenvalue weighted by molar-refractivity contribution is 5.99. The monoisotopic (exact) mass is 308 g/mol. The molecule has 6 heteroatoms. The Bertz CT molecular complexity index is 799. The van der Waals surface area contributed by atoms with Crippen molar-refractivity contribution in [3.8, 4) is 17.0 Å². The van der Waals surface area contributed by atoms with Gasteiger partial charge in [-0.15, -0.1) is 0 Å². The van der Waals surface area contributed by atoms with Crippen molar-refractivity contribution in [2.75, 3.05) is 7.11 Å². The third-order valence-corrected chi connectivity index (χ3v) is 3.44. The van der Waals surface area contributed by atoms with Gasteiger partial charge in [-0.1, -0.05) is 12.1 Å². The standard InChI is InChI=1S/C17H16N4O2/c1-23-14-4-2-3-13(9-14)16-15(11-20-21-16)17(22)19-10-12-5-7-18-8-6-12/h2-9,11H,10H2,1H3,(H,19,22)(H,20,21). The SMILES string of the molecule is COc1cccc(-c2[nH]ncc2C(=O)NCc2ccncc2)c1. The number of benzene rings is 1. The molecule has 0 aliphatic carbocycles. The summed E-state index contributed by atoms with van der Waals surface area (Å²) in [6.45, 7) is 0.435. The van der Waals surface area contributed by atoms with Crippen LogP contribution >= 0.6 is 0 Å². The van der Waals surface area contributed by atoms with E-state index in [1.807, 2.05) is 36.4 Å². The molecule has 0 saturated carbocycles. The summed E-state index contributed by atoms with van der Waals surface area (Å²) >= 11 is 0. The Morgan fingerprint density at radius 2 is 2.09 bits per heavy atom. The van der Waals surface area contributed by atoms with Gasteiger partial charge in [0.25, 0.3) is 5.91 Å². The highest BCUT2D eigenvalue weighted by Crippen LogP contribution is 2.24. The molecule has 0 atom stereocenters. The average molecular weight is 308 g/mol. The minimum atomic E-state index is -0.187. The number of carbonyl (C=O) groups is 1. The highest BCUT2D eigenvalue weighted by atomic mass is 16.5. The zero-order chi connectivity index (χ0) is 16.1. The van der Waals surface area contributed by atoms with E-state index in [1.165, 1.54) is 6.20 Å². The summed E-state index contributed by atoms with van der Waals surface area (Å²) in [4.78, 5) is 16.4. The zero-order valence-corrected chi connectivity index (χ0v) is 12.6. The van der Waals surface area contributed by atoms with Gasteiger partial charge in [-0.3, -0.25) is 14.9 Å². The summed E-state index contributed by atoms with van der Waals surface area (Å²) in [7, 11) is 1.61. The van der Waals surface area contributed by atoms with Crippen molar-refractivity contribution in [1.82, 2.24) is 20.5 Å². The number of aromatic nitrogens is 3. The van der Waals surface area contributed by atoms with Crippen molar-refractivity contribution < 1.29 is 9.53 Å². The van der Waals surface area contributed by atoms with Gasteiger partial charge in [0, 0.05) is 24.5 Å². The number of methoxy groups -OCH3 is 1. The topological polar surface area (TPSA) is 79.9 Å². The fourth-order valence-electron chi connectivity index (χ4n) is 2.24. The van der Waals surface area contributed by atoms with E-state index in [2.05, 4.69) is 20.5 Å². The molecule has 0 saturated heterocycles. The summed E-state index contributed by atoms with van der Waals surface area (Å²) < 4.78 is 5.22. The van der Waals surface area contributed by atoms with Crippen molar-refractivity contribution in [1.29, 1.82) is 0 Å². The lowest BCUT2D eigenvalue weighted by molar-refractivity contribution is 0.0951. The molecule has 2 N–H and O–H groups in total. The van der Waals surface area contributed by atoms with Crippen molar-refractivity contribution in [3.05, 3.63) is 66.1 Å². The Labute approximate surface area is 133 Å². The van der Waals surface area contributed by atoms with Crippen LogP contribution in [0.1, 0.15) is 15.9 Å². The molecule has 1 aromatic carbocycles. The molecule has 0 aliphatic heterocycles. The molecule has 0 fully saturated rings. The molecule has 0 aliphatic rings. The number of ether oxygens (including phenoxy) is 1. The largest absolute Gasteiger partial charge is 0.497 e. The van der Waals surface area contributed by atoms with Crippen molar-refractivity contribution in [3.63, 3.8) is 0 Å². The van der Waals surface area contributed by atoms with Gasteiger partial charge in [0.2, 0.25) is 0 Å². The molecule has 1 amide bonds. The van der Waals surface area contributed by atoms with E-state index in [-0.39, 0.29) is 5.91 Å². The van der Waals surface area contributed by atoms with Gasteiger partial charge in [0.05, 0.1) is 24.6 Å². The number of carbonyl (C=O) groups excluding carboxylic acids is 1. The first kappa shape index (κ1) is 14.8. The predicted molar refractivity (Wildman–Crippen MR) is 86.0 cm³/mol. The van der Waals surface area contributed by atoms with Gasteiger partial charge in [0.1, 0.15) is 5.75 Å². The molecule has 0 unspecified atom stereocenters. The maximum atomic E-state index is 12.4. The van der Waals surface area contributed by atoms with Crippen LogP contribution in [0.4, 0.5) is 0 Å². The van der Waals surface area contributed by atoms with Crippen LogP contribution in [0.15, 0.2) is 55.0 Å². The molecule has 3 aromatic rings. The Hall–Kier alpha value is -3.15. The van der Waals surface area contributed by atoms with E-state index in [9.17, 15) is 4.79 Å². The van der Waals surface area contributed by atoms with Crippen LogP contribution in [0.3, 0.4) is 0 Å². The minimum absolute atomic E-state index is 0.187. The normalized spacial score (nSPS) is 10.3. The zero-order valence-electron chi connectivity index (χ0n) is 12.6. The first-order chi connectivity index (χ1) is 11.3. The first-order valence-corrected chi connectivity index (χ1v) is 7.13. The molecule has 0 spiro atoms. The Morgan fingerprint density at radius 1 is 1.26 bits per heavy atom. The number of hydrogen-bond donors (Lipinski definition) is 2. The quantitative estimate of drug-likeness (QED) is 0.758. The second-order valence-corrected chi connectivity index (χ2v) is 4.93. The van der Waals surface area contributed by atoms with Gasteiger partial charge >= 0.3 is 0 Å². The van der Waals surface area contributed by atoms with Crippen LogP contribution in [0.2, 0.25) is 0 Å². The Kier molecular flexibility index (Phi) is 4.33. The number of hydrogen-bond acceptors (Lipinski definition) is 4. The van der Waals surface area contributed by atoms with Gasteiger partial charge in [-0.25, -0.2) is 0 Å². The smallest absolute Gasteiger partial charge is 0.255 e. The summed E-state index contributed by atoms with van der Waals surface area (Å²) in [6, 6.07) is 11.2. The number of H-pyrrole nitrogens is 1. The number of nitrogens with zero attached hydrogens (tertiary/aromatic N) is 2. The molecule has 116 valence electrons. The lowest BCUT2D eigenvalue weighted by atomic mass is 10.1. The van der Waals surface area contributed by atoms with E-state index in [1.54, 1.807) is 19.5 Å². The van der Waals surface area contributed by atoms with Crippen molar-refractivity contribution >= 4 is 5.91 Å². The first-order valence-electron chi connectivity index (χ1n) is 7.13. The third kappa shape index (κ3) is 3.37. The van der Waals surface area contributed by atoms with Crippen LogP contribution in [0.5, 0.6) is 5.75 Å². The molecule has 23 heavy (non-hydrogen) atoms. The predicted octanol–water partition coefficient (Wildman–Crippen LogP) is 2.41. The average Bonchev–Trinajstić information content (AvgIpc) is 3.10. The molecule has 2 heterocycles. The van der Waals surface area contributed by atoms with Crippen molar-refractivity contribution in [2.24, 2.45) is 0 Å². The molecule has 2 aromatic heterocycles. The van der Waals surface area contributed by atoms with Crippen molar-refractivity contribution in [2.45, 2.75) is 6.54 Å². The maximum absolute atomic E-state index is 12.4. The third-order valence-electron chi connectivity index (χ3n) is 3.44. The summed E-state index contributed by atoms with van der Waals surface area (Å²) in [6.07, 6.45) is 4.92. The second kappa shape index (κ2) is 6.74. The van der Waals surface area contributed by atoms with E-state index in [4.69, 9.17) is 4.74 Å². The molecule has 3 rings (SSSR count). The highest BCUT2D eigenvalue weighted by Gasteiger charge is 2.15. The van der Waals surface area contributed by atoms with Crippen LogP contribution in [0, 0.1) is 0 Å². The summed E-state index contributed by atoms with van der Waals surface area (Å²) in [5, 5.41) is 9.75. The second-order valence-electron chi connectivity index (χ2n) is 4.93.